The van der Waals surface area contributed by atoms with Crippen molar-refractivity contribution in [2.45, 2.75) is 37.9 Å². The number of ether oxygens (including phenoxy) is 2. The highest BCUT2D eigenvalue weighted by atomic mass is 16.5. The fourth-order valence-electron chi connectivity index (χ4n) is 4.18. The summed E-state index contributed by atoms with van der Waals surface area (Å²) in [6, 6.07) is 5.86. The van der Waals surface area contributed by atoms with Crippen LogP contribution < -0.4 is 4.90 Å². The lowest BCUT2D eigenvalue weighted by Crippen LogP contribution is -2.48. The number of anilines is 1. The predicted molar refractivity (Wildman–Crippen MR) is 98.8 cm³/mol. The van der Waals surface area contributed by atoms with E-state index < -0.39 is 0 Å². The molecular formula is C20H26N4O2. The summed E-state index contributed by atoms with van der Waals surface area (Å²) in [5, 5.41) is 0. The lowest BCUT2D eigenvalue weighted by atomic mass is 9.78. The van der Waals surface area contributed by atoms with E-state index >= 15 is 0 Å². The van der Waals surface area contributed by atoms with Gasteiger partial charge in [-0.25, -0.2) is 9.97 Å². The second-order valence-electron chi connectivity index (χ2n) is 7.13. The lowest BCUT2D eigenvalue weighted by Gasteiger charge is -2.42. The summed E-state index contributed by atoms with van der Waals surface area (Å²) < 4.78 is 12.2. The van der Waals surface area contributed by atoms with Crippen molar-refractivity contribution in [3.63, 3.8) is 0 Å². The normalized spacial score (nSPS) is 22.0. The van der Waals surface area contributed by atoms with E-state index in [1.165, 1.54) is 5.56 Å². The number of piperidine rings is 1. The van der Waals surface area contributed by atoms with E-state index in [0.29, 0.717) is 12.5 Å². The van der Waals surface area contributed by atoms with Crippen LogP contribution in [0.3, 0.4) is 0 Å². The van der Waals surface area contributed by atoms with E-state index in [2.05, 4.69) is 19.9 Å². The van der Waals surface area contributed by atoms with Gasteiger partial charge in [-0.1, -0.05) is 0 Å². The number of aromatic nitrogens is 3. The third-order valence-corrected chi connectivity index (χ3v) is 5.67. The maximum absolute atomic E-state index is 6.26. The summed E-state index contributed by atoms with van der Waals surface area (Å²) in [5.41, 5.74) is 1.19. The Kier molecular flexibility index (Phi) is 5.41. The fourth-order valence-corrected chi connectivity index (χ4v) is 4.18. The van der Waals surface area contributed by atoms with E-state index in [1.54, 1.807) is 0 Å². The van der Waals surface area contributed by atoms with Gasteiger partial charge < -0.3 is 14.4 Å². The van der Waals surface area contributed by atoms with Crippen LogP contribution in [0.5, 0.6) is 0 Å². The molecular weight excluding hydrogens is 328 g/mol. The van der Waals surface area contributed by atoms with Gasteiger partial charge in [0.05, 0.1) is 12.2 Å². The molecule has 0 N–H and O–H groups in total. The highest BCUT2D eigenvalue weighted by molar-refractivity contribution is 5.30. The summed E-state index contributed by atoms with van der Waals surface area (Å²) in [6.45, 7) is 4.22. The van der Waals surface area contributed by atoms with Gasteiger partial charge in [0.1, 0.15) is 0 Å². The van der Waals surface area contributed by atoms with Gasteiger partial charge in [-0.2, -0.15) is 0 Å². The van der Waals surface area contributed by atoms with E-state index in [1.807, 2.05) is 43.0 Å². The van der Waals surface area contributed by atoms with Crippen LogP contribution in [0.4, 0.5) is 5.95 Å². The molecule has 138 valence electrons. The first kappa shape index (κ1) is 17.4. The van der Waals surface area contributed by atoms with Crippen LogP contribution in [-0.2, 0) is 16.1 Å². The topological polar surface area (TPSA) is 60.4 Å². The van der Waals surface area contributed by atoms with E-state index in [4.69, 9.17) is 9.47 Å². The molecule has 2 saturated heterocycles. The average Bonchev–Trinajstić information content (AvgIpc) is 3.09. The Balaban J connectivity index is 1.27. The number of rotatable bonds is 6. The van der Waals surface area contributed by atoms with Gasteiger partial charge in [-0.15, -0.1) is 0 Å². The zero-order chi connectivity index (χ0) is 17.7. The first-order valence-corrected chi connectivity index (χ1v) is 9.48. The van der Waals surface area contributed by atoms with Crippen LogP contribution in [0.15, 0.2) is 43.0 Å². The second kappa shape index (κ2) is 8.10. The summed E-state index contributed by atoms with van der Waals surface area (Å²) in [4.78, 5) is 15.1. The molecule has 2 fully saturated rings. The van der Waals surface area contributed by atoms with Crippen molar-refractivity contribution in [1.29, 1.82) is 0 Å². The van der Waals surface area contributed by atoms with Gasteiger partial charge in [-0.3, -0.25) is 4.98 Å². The summed E-state index contributed by atoms with van der Waals surface area (Å²) in [5.74, 6) is 1.41. The van der Waals surface area contributed by atoms with Gasteiger partial charge in [0.2, 0.25) is 5.95 Å². The van der Waals surface area contributed by atoms with Gasteiger partial charge in [0.15, 0.2) is 0 Å². The van der Waals surface area contributed by atoms with Crippen molar-refractivity contribution >= 4 is 5.95 Å². The van der Waals surface area contributed by atoms with Crippen LogP contribution in [0.2, 0.25) is 0 Å². The summed E-state index contributed by atoms with van der Waals surface area (Å²) >= 11 is 0. The molecule has 2 aromatic heterocycles. The van der Waals surface area contributed by atoms with Crippen LogP contribution in [0.25, 0.3) is 0 Å². The Bertz CT molecular complexity index is 675. The molecule has 4 rings (SSSR count). The zero-order valence-corrected chi connectivity index (χ0v) is 15.1. The molecule has 26 heavy (non-hydrogen) atoms. The molecule has 1 unspecified atom stereocenters. The third-order valence-electron chi connectivity index (χ3n) is 5.67. The molecule has 4 heterocycles. The van der Waals surface area contributed by atoms with Gasteiger partial charge >= 0.3 is 0 Å². The molecule has 0 bridgehead atoms. The maximum Gasteiger partial charge on any atom is 0.225 e. The van der Waals surface area contributed by atoms with Crippen molar-refractivity contribution in [1.82, 2.24) is 15.0 Å². The van der Waals surface area contributed by atoms with Crippen LogP contribution in [-0.4, -0.2) is 46.9 Å². The highest BCUT2D eigenvalue weighted by Gasteiger charge is 2.46. The second-order valence-corrected chi connectivity index (χ2v) is 7.13. The molecule has 6 heteroatoms. The van der Waals surface area contributed by atoms with E-state index in [9.17, 15) is 0 Å². The maximum atomic E-state index is 6.26. The molecule has 2 aliphatic rings. The third kappa shape index (κ3) is 3.86. The largest absolute Gasteiger partial charge is 0.377 e. The lowest BCUT2D eigenvalue weighted by molar-refractivity contribution is -0.0477. The molecule has 1 spiro atoms. The zero-order valence-electron chi connectivity index (χ0n) is 15.1. The molecule has 1 atom stereocenters. The van der Waals surface area contributed by atoms with Crippen molar-refractivity contribution in [2.75, 3.05) is 31.2 Å². The molecule has 2 aliphatic heterocycles. The summed E-state index contributed by atoms with van der Waals surface area (Å²) in [7, 11) is 0. The Labute approximate surface area is 154 Å². The van der Waals surface area contributed by atoms with Gasteiger partial charge in [0, 0.05) is 51.1 Å². The molecule has 6 nitrogen and oxygen atoms in total. The van der Waals surface area contributed by atoms with Gasteiger partial charge in [-0.05, 0) is 55.4 Å². The van der Waals surface area contributed by atoms with E-state index in [-0.39, 0.29) is 5.60 Å². The van der Waals surface area contributed by atoms with Crippen molar-refractivity contribution in [2.24, 2.45) is 5.92 Å². The Morgan fingerprint density at radius 2 is 1.88 bits per heavy atom. The number of hydrogen-bond acceptors (Lipinski definition) is 6. The highest BCUT2D eigenvalue weighted by Crippen LogP contribution is 2.42. The minimum Gasteiger partial charge on any atom is -0.377 e. The smallest absolute Gasteiger partial charge is 0.225 e. The minimum atomic E-state index is 0.0192. The van der Waals surface area contributed by atoms with Crippen molar-refractivity contribution in [3.05, 3.63) is 48.5 Å². The molecule has 0 aliphatic carbocycles. The monoisotopic (exact) mass is 354 g/mol. The SMILES string of the molecule is c1cnc(N2CCC3(CC2)OCCC3CCOCc2ccncc2)nc1. The Hall–Kier alpha value is -2.05. The first-order chi connectivity index (χ1) is 12.9. The van der Waals surface area contributed by atoms with Gasteiger partial charge in [0.25, 0.3) is 0 Å². The van der Waals surface area contributed by atoms with Crippen LogP contribution >= 0.6 is 0 Å². The molecule has 0 saturated carbocycles. The first-order valence-electron chi connectivity index (χ1n) is 9.48. The quantitative estimate of drug-likeness (QED) is 0.744. The molecule has 0 radical (unpaired) electrons. The van der Waals surface area contributed by atoms with Crippen LogP contribution in [0, 0.1) is 5.92 Å². The molecule has 2 aromatic rings. The summed E-state index contributed by atoms with van der Waals surface area (Å²) in [6.07, 6.45) is 11.5. The molecule has 0 amide bonds. The Morgan fingerprint density at radius 1 is 1.12 bits per heavy atom. The average molecular weight is 354 g/mol. The van der Waals surface area contributed by atoms with Crippen LogP contribution in [0.1, 0.15) is 31.2 Å². The van der Waals surface area contributed by atoms with Crippen molar-refractivity contribution < 1.29 is 9.47 Å². The number of hydrogen-bond donors (Lipinski definition) is 0. The van der Waals surface area contributed by atoms with Crippen molar-refractivity contribution in [3.8, 4) is 0 Å². The standard InChI is InChI=1S/C20H26N4O2/c1-8-22-19(23-9-1)24-12-6-20(7-13-24)18(5-15-26-20)4-14-25-16-17-2-10-21-11-3-17/h1-3,8-11,18H,4-7,12-16H2. The minimum absolute atomic E-state index is 0.0192. The fraction of sp³-hybridized carbons (Fsp3) is 0.550. The number of pyridine rings is 1. The number of nitrogens with zero attached hydrogens (tertiary/aromatic N) is 4. The predicted octanol–water partition coefficient (Wildman–Crippen LogP) is 2.85. The van der Waals surface area contributed by atoms with E-state index in [0.717, 1.165) is 57.9 Å². The molecule has 0 aromatic carbocycles. The Morgan fingerprint density at radius 3 is 2.65 bits per heavy atom.